The second-order valence-electron chi connectivity index (χ2n) is 3.80. The molecule has 0 saturated heterocycles. The molecule has 1 amide bonds. The molecule has 18 heavy (non-hydrogen) atoms. The Morgan fingerprint density at radius 1 is 1.56 bits per heavy atom. The number of halogens is 1. The van der Waals surface area contributed by atoms with Gasteiger partial charge in [0.15, 0.2) is 0 Å². The first-order valence-corrected chi connectivity index (χ1v) is 6.04. The molecule has 1 atom stereocenters. The van der Waals surface area contributed by atoms with E-state index in [9.17, 15) is 4.79 Å². The zero-order valence-electron chi connectivity index (χ0n) is 10.7. The van der Waals surface area contributed by atoms with Gasteiger partial charge in [0.25, 0.3) is 0 Å². The van der Waals surface area contributed by atoms with Crippen molar-refractivity contribution < 1.29 is 9.53 Å². The Balaban J connectivity index is 2.56. The van der Waals surface area contributed by atoms with Crippen LogP contribution in [0.15, 0.2) is 6.07 Å². The molecular weight excluding hydrogens is 256 g/mol. The first-order valence-electron chi connectivity index (χ1n) is 5.67. The largest absolute Gasteiger partial charge is 0.481 e. The van der Waals surface area contributed by atoms with Gasteiger partial charge in [-0.2, -0.15) is 4.98 Å². The van der Waals surface area contributed by atoms with Gasteiger partial charge < -0.3 is 10.1 Å². The van der Waals surface area contributed by atoms with Gasteiger partial charge in [-0.1, -0.05) is 18.5 Å². The lowest BCUT2D eigenvalue weighted by Crippen LogP contribution is -2.34. The average molecular weight is 273 g/mol. The number of hydrogen-bond donors (Lipinski definition) is 2. The number of aromatic nitrogens is 2. The highest BCUT2D eigenvalue weighted by molar-refractivity contribution is 6.29. The van der Waals surface area contributed by atoms with Crippen molar-refractivity contribution in [3.8, 4) is 5.88 Å². The quantitative estimate of drug-likeness (QED) is 0.767. The number of rotatable bonds is 6. The molecule has 1 rings (SSSR count). The molecule has 100 valence electrons. The van der Waals surface area contributed by atoms with Crippen LogP contribution in [0.3, 0.4) is 0 Å². The van der Waals surface area contributed by atoms with Gasteiger partial charge in [-0.05, 0) is 13.3 Å². The Morgan fingerprint density at radius 3 is 2.89 bits per heavy atom. The minimum atomic E-state index is -0.223. The van der Waals surface area contributed by atoms with Gasteiger partial charge in [0, 0.05) is 12.1 Å². The van der Waals surface area contributed by atoms with Crippen LogP contribution in [0, 0.1) is 0 Å². The first-order chi connectivity index (χ1) is 8.55. The van der Waals surface area contributed by atoms with Crippen LogP contribution in [0.1, 0.15) is 20.3 Å². The molecule has 0 aliphatic rings. The third-order valence-corrected chi connectivity index (χ3v) is 2.55. The predicted octanol–water partition coefficient (Wildman–Crippen LogP) is 1.47. The van der Waals surface area contributed by atoms with Crippen LogP contribution in [-0.4, -0.2) is 35.6 Å². The highest BCUT2D eigenvalue weighted by Crippen LogP contribution is 2.15. The number of carbonyl (C=O) groups is 1. The zero-order chi connectivity index (χ0) is 13.5. The van der Waals surface area contributed by atoms with Crippen molar-refractivity contribution >= 4 is 23.5 Å². The average Bonchev–Trinajstić information content (AvgIpc) is 2.35. The molecule has 1 aromatic rings. The van der Waals surface area contributed by atoms with Crippen LogP contribution in [0.2, 0.25) is 5.15 Å². The Bertz CT molecular complexity index is 414. The molecule has 1 unspecified atom stereocenters. The van der Waals surface area contributed by atoms with Crippen LogP contribution >= 0.6 is 11.6 Å². The molecule has 6 nitrogen and oxygen atoms in total. The Kier molecular flexibility index (Phi) is 5.80. The molecule has 0 aliphatic heterocycles. The van der Waals surface area contributed by atoms with Gasteiger partial charge in [-0.15, -0.1) is 0 Å². The van der Waals surface area contributed by atoms with Gasteiger partial charge in [-0.3, -0.25) is 10.1 Å². The second kappa shape index (κ2) is 7.13. The fraction of sp³-hybridized carbons (Fsp3) is 0.545. The summed E-state index contributed by atoms with van der Waals surface area (Å²) in [5, 5.41) is 5.83. The molecule has 0 bridgehead atoms. The van der Waals surface area contributed by atoms with E-state index in [4.69, 9.17) is 16.3 Å². The van der Waals surface area contributed by atoms with Crippen molar-refractivity contribution in [1.29, 1.82) is 0 Å². The lowest BCUT2D eigenvalue weighted by atomic mass is 10.2. The summed E-state index contributed by atoms with van der Waals surface area (Å²) in [6.07, 6.45) is 0.953. The van der Waals surface area contributed by atoms with Crippen LogP contribution in [-0.2, 0) is 4.79 Å². The summed E-state index contributed by atoms with van der Waals surface area (Å²) in [6, 6.07) is 1.75. The number of amides is 1. The molecule has 0 aromatic carbocycles. The fourth-order valence-electron chi connectivity index (χ4n) is 1.14. The number of nitrogens with zero attached hydrogens (tertiary/aromatic N) is 2. The van der Waals surface area contributed by atoms with Crippen molar-refractivity contribution in [3.05, 3.63) is 11.2 Å². The summed E-state index contributed by atoms with van der Waals surface area (Å²) in [5.41, 5.74) is 0. The number of methoxy groups -OCH3 is 1. The van der Waals surface area contributed by atoms with Gasteiger partial charge in [0.1, 0.15) is 5.15 Å². The molecule has 0 radical (unpaired) electrons. The summed E-state index contributed by atoms with van der Waals surface area (Å²) in [4.78, 5) is 19.5. The van der Waals surface area contributed by atoms with Gasteiger partial charge in [0.2, 0.25) is 17.7 Å². The summed E-state index contributed by atoms with van der Waals surface area (Å²) in [5.74, 6) is 0.218. The molecule has 0 fully saturated rings. The number of carbonyl (C=O) groups excluding carboxylic acids is 1. The standard InChI is InChI=1S/C11H17ClN4O2/c1-4-7(2)13-6-9(17)15-11-14-8(12)5-10(16-11)18-3/h5,7,13H,4,6H2,1-3H3,(H,14,15,16,17). The molecular formula is C11H17ClN4O2. The molecule has 0 spiro atoms. The maximum absolute atomic E-state index is 11.6. The van der Waals surface area contributed by atoms with E-state index >= 15 is 0 Å². The van der Waals surface area contributed by atoms with Gasteiger partial charge in [-0.25, -0.2) is 4.98 Å². The van der Waals surface area contributed by atoms with Crippen molar-refractivity contribution in [2.75, 3.05) is 19.0 Å². The SMILES string of the molecule is CCC(C)NCC(=O)Nc1nc(Cl)cc(OC)n1. The van der Waals surface area contributed by atoms with E-state index in [-0.39, 0.29) is 29.6 Å². The Hall–Kier alpha value is -1.40. The molecule has 1 aromatic heterocycles. The minimum absolute atomic E-state index is 0.135. The highest BCUT2D eigenvalue weighted by atomic mass is 35.5. The van der Waals surface area contributed by atoms with Crippen molar-refractivity contribution in [3.63, 3.8) is 0 Å². The van der Waals surface area contributed by atoms with E-state index in [1.807, 2.05) is 13.8 Å². The van der Waals surface area contributed by atoms with Crippen LogP contribution < -0.4 is 15.4 Å². The van der Waals surface area contributed by atoms with Gasteiger partial charge in [0.05, 0.1) is 13.7 Å². The third-order valence-electron chi connectivity index (χ3n) is 2.36. The Labute approximate surface area is 111 Å². The number of anilines is 1. The third kappa shape index (κ3) is 4.85. The fourth-order valence-corrected chi connectivity index (χ4v) is 1.31. The minimum Gasteiger partial charge on any atom is -0.481 e. The van der Waals surface area contributed by atoms with Crippen molar-refractivity contribution in [2.45, 2.75) is 26.3 Å². The molecule has 7 heteroatoms. The summed E-state index contributed by atoms with van der Waals surface area (Å²) in [6.45, 7) is 4.25. The van der Waals surface area contributed by atoms with E-state index < -0.39 is 0 Å². The van der Waals surface area contributed by atoms with E-state index in [1.54, 1.807) is 0 Å². The van der Waals surface area contributed by atoms with Crippen molar-refractivity contribution in [1.82, 2.24) is 15.3 Å². The number of nitrogens with one attached hydrogen (secondary N) is 2. The van der Waals surface area contributed by atoms with E-state index in [0.29, 0.717) is 5.88 Å². The van der Waals surface area contributed by atoms with E-state index in [0.717, 1.165) is 6.42 Å². The maximum Gasteiger partial charge on any atom is 0.240 e. The van der Waals surface area contributed by atoms with Crippen LogP contribution in [0.4, 0.5) is 5.95 Å². The number of hydrogen-bond acceptors (Lipinski definition) is 5. The monoisotopic (exact) mass is 272 g/mol. The Morgan fingerprint density at radius 2 is 2.28 bits per heavy atom. The molecule has 0 saturated carbocycles. The normalized spacial score (nSPS) is 12.0. The van der Waals surface area contributed by atoms with E-state index in [2.05, 4.69) is 20.6 Å². The summed E-state index contributed by atoms with van der Waals surface area (Å²) >= 11 is 5.76. The van der Waals surface area contributed by atoms with Crippen LogP contribution in [0.5, 0.6) is 5.88 Å². The van der Waals surface area contributed by atoms with Crippen LogP contribution in [0.25, 0.3) is 0 Å². The zero-order valence-corrected chi connectivity index (χ0v) is 11.4. The first kappa shape index (κ1) is 14.7. The maximum atomic E-state index is 11.6. The molecule has 0 aliphatic carbocycles. The molecule has 2 N–H and O–H groups in total. The topological polar surface area (TPSA) is 76.1 Å². The van der Waals surface area contributed by atoms with Gasteiger partial charge >= 0.3 is 0 Å². The highest BCUT2D eigenvalue weighted by Gasteiger charge is 2.08. The lowest BCUT2D eigenvalue weighted by Gasteiger charge is -2.11. The smallest absolute Gasteiger partial charge is 0.240 e. The second-order valence-corrected chi connectivity index (χ2v) is 4.18. The predicted molar refractivity (Wildman–Crippen MR) is 70.0 cm³/mol. The lowest BCUT2D eigenvalue weighted by molar-refractivity contribution is -0.115. The summed E-state index contributed by atoms with van der Waals surface area (Å²) in [7, 11) is 1.47. The number of ether oxygens (including phenoxy) is 1. The molecule has 1 heterocycles. The summed E-state index contributed by atoms with van der Waals surface area (Å²) < 4.78 is 4.93. The van der Waals surface area contributed by atoms with E-state index in [1.165, 1.54) is 13.2 Å². The van der Waals surface area contributed by atoms with Crippen molar-refractivity contribution in [2.24, 2.45) is 0 Å².